The van der Waals surface area contributed by atoms with Gasteiger partial charge in [-0.25, -0.2) is 0 Å². The van der Waals surface area contributed by atoms with E-state index in [0.717, 1.165) is 17.1 Å². The van der Waals surface area contributed by atoms with Gasteiger partial charge in [0, 0.05) is 37.2 Å². The zero-order valence-corrected chi connectivity index (χ0v) is 35.0. The number of fused-ring (bicyclic) bond motifs is 14. The van der Waals surface area contributed by atoms with Crippen molar-refractivity contribution in [2.75, 3.05) is 4.90 Å². The van der Waals surface area contributed by atoms with Gasteiger partial charge >= 0.3 is 0 Å². The minimum atomic E-state index is -0.622. The van der Waals surface area contributed by atoms with Crippen LogP contribution in [0.5, 0.6) is 0 Å². The third-order valence-electron chi connectivity index (χ3n) is 14.0. The molecule has 0 aliphatic heterocycles. The van der Waals surface area contributed by atoms with Gasteiger partial charge in [-0.1, -0.05) is 182 Å². The average molecular weight is 816 g/mol. The third kappa shape index (κ3) is 4.82. The summed E-state index contributed by atoms with van der Waals surface area (Å²) < 4.78 is 2.60. The summed E-state index contributed by atoms with van der Waals surface area (Å²) >= 11 is 1.87. The van der Waals surface area contributed by atoms with Gasteiger partial charge in [0.15, 0.2) is 0 Å². The second-order valence-electron chi connectivity index (χ2n) is 17.1. The van der Waals surface area contributed by atoms with E-state index in [1.807, 2.05) is 11.3 Å². The van der Waals surface area contributed by atoms with E-state index >= 15 is 0 Å². The van der Waals surface area contributed by atoms with Gasteiger partial charge in [0.05, 0.1) is 5.41 Å². The summed E-state index contributed by atoms with van der Waals surface area (Å²) in [5.41, 5.74) is 15.8. The highest BCUT2D eigenvalue weighted by Crippen LogP contribution is 2.64. The van der Waals surface area contributed by atoms with Crippen molar-refractivity contribution in [1.29, 1.82) is 0 Å². The van der Waals surface area contributed by atoms with E-state index in [1.165, 1.54) is 108 Å². The lowest BCUT2D eigenvalue weighted by molar-refractivity contribution is 0.775. The SMILES string of the molecule is c1ccc2c(c1)-c1ccc(N(c3ccc4ccccc4c3)c3ccc4c(c3)sc3ccccc34)cc1C21c2ccccc2-c2cccc3ccc(-c4cccc5ccccc45)c1c23. The van der Waals surface area contributed by atoms with Gasteiger partial charge in [0.25, 0.3) is 0 Å². The number of rotatable bonds is 4. The molecule has 0 N–H and O–H groups in total. The minimum Gasteiger partial charge on any atom is -0.310 e. The van der Waals surface area contributed by atoms with Crippen LogP contribution in [-0.2, 0) is 5.41 Å². The Morgan fingerprint density at radius 2 is 0.841 bits per heavy atom. The molecule has 2 heteroatoms. The predicted octanol–water partition coefficient (Wildman–Crippen LogP) is 17.0. The van der Waals surface area contributed by atoms with Crippen LogP contribution in [0.25, 0.3) is 85.9 Å². The predicted molar refractivity (Wildman–Crippen MR) is 268 cm³/mol. The number of thiophene rings is 1. The molecular formula is C61H37NS. The number of hydrogen-bond acceptors (Lipinski definition) is 2. The summed E-state index contributed by atoms with van der Waals surface area (Å²) in [7, 11) is 0. The lowest BCUT2D eigenvalue weighted by atomic mass is 9.60. The molecule has 14 rings (SSSR count). The van der Waals surface area contributed by atoms with Crippen molar-refractivity contribution < 1.29 is 0 Å². The van der Waals surface area contributed by atoms with E-state index < -0.39 is 5.41 Å². The van der Waals surface area contributed by atoms with Crippen molar-refractivity contribution in [3.63, 3.8) is 0 Å². The molecule has 1 aromatic heterocycles. The first kappa shape index (κ1) is 34.9. The summed E-state index contributed by atoms with van der Waals surface area (Å²) in [6.45, 7) is 0. The molecule has 11 aromatic carbocycles. The van der Waals surface area contributed by atoms with Gasteiger partial charge < -0.3 is 4.90 Å². The molecule has 0 bridgehead atoms. The Bertz CT molecular complexity index is 3890. The Labute approximate surface area is 369 Å². The van der Waals surface area contributed by atoms with Gasteiger partial charge in [-0.2, -0.15) is 0 Å². The molecule has 2 aliphatic carbocycles. The van der Waals surface area contributed by atoms with Crippen LogP contribution in [0.4, 0.5) is 17.1 Å². The molecule has 2 aliphatic rings. The molecule has 1 spiro atoms. The van der Waals surface area contributed by atoms with E-state index in [2.05, 4.69) is 229 Å². The average Bonchev–Trinajstić information content (AvgIpc) is 3.86. The summed E-state index contributed by atoms with van der Waals surface area (Å²) in [5, 5.41) is 10.2. The molecule has 12 aromatic rings. The molecule has 1 nitrogen and oxygen atoms in total. The van der Waals surface area contributed by atoms with E-state index in [-0.39, 0.29) is 0 Å². The Morgan fingerprint density at radius 3 is 1.70 bits per heavy atom. The minimum absolute atomic E-state index is 0.622. The van der Waals surface area contributed by atoms with Crippen LogP contribution in [0, 0.1) is 0 Å². The van der Waals surface area contributed by atoms with Crippen LogP contribution in [-0.4, -0.2) is 0 Å². The van der Waals surface area contributed by atoms with Gasteiger partial charge in [0.2, 0.25) is 0 Å². The summed E-state index contributed by atoms with van der Waals surface area (Å²) in [5.74, 6) is 0. The van der Waals surface area contributed by atoms with Gasteiger partial charge in [-0.05, 0) is 130 Å². The Morgan fingerprint density at radius 1 is 0.302 bits per heavy atom. The van der Waals surface area contributed by atoms with Crippen LogP contribution in [0.15, 0.2) is 224 Å². The smallest absolute Gasteiger partial charge is 0.0732 e. The molecule has 0 fully saturated rings. The maximum absolute atomic E-state index is 2.54. The lowest BCUT2D eigenvalue weighted by Crippen LogP contribution is -2.32. The van der Waals surface area contributed by atoms with E-state index in [1.54, 1.807) is 0 Å². The molecule has 0 saturated heterocycles. The topological polar surface area (TPSA) is 3.24 Å². The van der Waals surface area contributed by atoms with E-state index in [4.69, 9.17) is 0 Å². The number of anilines is 3. The largest absolute Gasteiger partial charge is 0.310 e. The highest BCUT2D eigenvalue weighted by Gasteiger charge is 2.51. The van der Waals surface area contributed by atoms with E-state index in [0.29, 0.717) is 0 Å². The molecule has 0 radical (unpaired) electrons. The zero-order chi connectivity index (χ0) is 41.2. The molecule has 63 heavy (non-hydrogen) atoms. The molecule has 0 saturated carbocycles. The van der Waals surface area contributed by atoms with Crippen molar-refractivity contribution in [2.45, 2.75) is 5.41 Å². The first-order valence-electron chi connectivity index (χ1n) is 21.8. The van der Waals surface area contributed by atoms with Crippen LogP contribution in [0.1, 0.15) is 22.3 Å². The maximum Gasteiger partial charge on any atom is 0.0732 e. The standard InChI is InChI=1S/C61H37NS/c1-2-15-41-35-42(29-27-38(41)13-1)62(44-31-34-51-50-21-7-10-26-57(50)63-58(51)37-44)43-30-33-49-47-19-5-8-24-54(47)61(56(49)36-43)55-25-9-6-20-48(55)52-23-12-17-40-28-32-53(60(61)59(40)52)46-22-11-16-39-14-3-4-18-45(39)46/h1-37H. The quantitative estimate of drug-likeness (QED) is 0.171. The fourth-order valence-electron chi connectivity index (χ4n) is 11.4. The van der Waals surface area contributed by atoms with Crippen LogP contribution in [0.2, 0.25) is 0 Å². The highest BCUT2D eigenvalue weighted by molar-refractivity contribution is 7.25. The number of nitrogens with zero attached hydrogens (tertiary/aromatic N) is 1. The number of hydrogen-bond donors (Lipinski definition) is 0. The first-order valence-corrected chi connectivity index (χ1v) is 22.6. The van der Waals surface area contributed by atoms with Crippen molar-refractivity contribution in [3.8, 4) is 33.4 Å². The molecule has 292 valence electrons. The van der Waals surface area contributed by atoms with Crippen LogP contribution >= 0.6 is 11.3 Å². The second-order valence-corrected chi connectivity index (χ2v) is 18.2. The number of benzene rings is 11. The first-order chi connectivity index (χ1) is 31.2. The second kappa shape index (κ2) is 13.1. The monoisotopic (exact) mass is 815 g/mol. The third-order valence-corrected chi connectivity index (χ3v) is 15.2. The van der Waals surface area contributed by atoms with Crippen LogP contribution in [0.3, 0.4) is 0 Å². The van der Waals surface area contributed by atoms with Gasteiger partial charge in [-0.3, -0.25) is 0 Å². The Balaban J connectivity index is 1.11. The Kier molecular flexibility index (Phi) is 7.26. The Hall–Kier alpha value is -7.78. The summed E-state index contributed by atoms with van der Waals surface area (Å²) in [4.78, 5) is 2.49. The van der Waals surface area contributed by atoms with Gasteiger partial charge in [0.1, 0.15) is 0 Å². The van der Waals surface area contributed by atoms with Gasteiger partial charge in [-0.15, -0.1) is 11.3 Å². The van der Waals surface area contributed by atoms with Crippen molar-refractivity contribution >= 4 is 80.9 Å². The zero-order valence-electron chi connectivity index (χ0n) is 34.2. The molecule has 1 unspecified atom stereocenters. The highest BCUT2D eigenvalue weighted by atomic mass is 32.1. The fourth-order valence-corrected chi connectivity index (χ4v) is 12.6. The maximum atomic E-state index is 2.54. The fraction of sp³-hybridized carbons (Fsp3) is 0.0164. The summed E-state index contributed by atoms with van der Waals surface area (Å²) in [6.07, 6.45) is 0. The normalized spacial score (nSPS) is 14.7. The molecular weight excluding hydrogens is 779 g/mol. The van der Waals surface area contributed by atoms with E-state index in [9.17, 15) is 0 Å². The van der Waals surface area contributed by atoms with Crippen LogP contribution < -0.4 is 4.90 Å². The molecule has 1 heterocycles. The molecule has 0 amide bonds. The van der Waals surface area contributed by atoms with Crippen molar-refractivity contribution in [3.05, 3.63) is 247 Å². The van der Waals surface area contributed by atoms with Crippen molar-refractivity contribution in [1.82, 2.24) is 0 Å². The lowest BCUT2D eigenvalue weighted by Gasteiger charge is -2.42. The summed E-state index contributed by atoms with van der Waals surface area (Å²) in [6, 6.07) is 84.5. The molecule has 1 atom stereocenters. The van der Waals surface area contributed by atoms with Crippen molar-refractivity contribution in [2.24, 2.45) is 0 Å².